The van der Waals surface area contributed by atoms with Gasteiger partial charge in [-0.1, -0.05) is 97.1 Å². The summed E-state index contributed by atoms with van der Waals surface area (Å²) in [6.07, 6.45) is 0. The van der Waals surface area contributed by atoms with Gasteiger partial charge in [-0.3, -0.25) is 20.0 Å². The fraction of sp³-hybridized carbons (Fsp3) is 0.227. The smallest absolute Gasteiger partial charge is 0.358 e. The van der Waals surface area contributed by atoms with Gasteiger partial charge in [0.25, 0.3) is 0 Å². The molecule has 14 heteroatoms. The van der Waals surface area contributed by atoms with Gasteiger partial charge in [-0.2, -0.15) is 10.2 Å². The lowest BCUT2D eigenvalue weighted by atomic mass is 10.0. The number of rotatable bonds is 2. The molecule has 9 rings (SSSR count). The van der Waals surface area contributed by atoms with Crippen LogP contribution in [0, 0.1) is 0 Å². The van der Waals surface area contributed by atoms with Crippen molar-refractivity contribution in [2.75, 3.05) is 52.6 Å². The SMILES string of the molecule is O=C1OCCN(C2c3ccccc3-c3ccccc32)CCOC(=O)c2cc([nH]n2)C(=O)OCCN(C2c3ccccc3-c3ccccc32)CCOC(=O)c2cc1n[nH]2. The van der Waals surface area contributed by atoms with E-state index in [0.29, 0.717) is 0 Å². The zero-order valence-corrected chi connectivity index (χ0v) is 31.3. The number of ether oxygens (including phenoxy) is 4. The molecule has 4 aromatic carbocycles. The van der Waals surface area contributed by atoms with Gasteiger partial charge in [-0.05, 0) is 44.5 Å². The van der Waals surface area contributed by atoms with Gasteiger partial charge in [0.05, 0.1) is 12.1 Å². The van der Waals surface area contributed by atoms with Crippen LogP contribution in [-0.4, -0.2) is 107 Å². The molecule has 0 fully saturated rings. The number of benzene rings is 4. The molecule has 1 aliphatic heterocycles. The summed E-state index contributed by atoms with van der Waals surface area (Å²) < 4.78 is 22.7. The summed E-state index contributed by atoms with van der Waals surface area (Å²) in [4.78, 5) is 57.0. The number of H-pyrrole nitrogens is 2. The number of hydrogen-bond acceptors (Lipinski definition) is 12. The van der Waals surface area contributed by atoms with Gasteiger partial charge in [0, 0.05) is 38.3 Å². The second kappa shape index (κ2) is 15.9. The van der Waals surface area contributed by atoms with Crippen molar-refractivity contribution in [1.29, 1.82) is 0 Å². The molecule has 292 valence electrons. The van der Waals surface area contributed by atoms with E-state index in [1.54, 1.807) is 0 Å². The lowest BCUT2D eigenvalue weighted by Crippen LogP contribution is -2.35. The van der Waals surface area contributed by atoms with Crippen LogP contribution in [0.2, 0.25) is 0 Å². The van der Waals surface area contributed by atoms with Crippen LogP contribution in [0.15, 0.2) is 109 Å². The van der Waals surface area contributed by atoms with Gasteiger partial charge >= 0.3 is 23.9 Å². The second-order valence-corrected chi connectivity index (χ2v) is 14.1. The lowest BCUT2D eigenvalue weighted by molar-refractivity contribution is 0.0347. The zero-order valence-electron chi connectivity index (χ0n) is 31.3. The number of cyclic esters (lactones) is 4. The van der Waals surface area contributed by atoms with Crippen molar-refractivity contribution in [1.82, 2.24) is 30.2 Å². The zero-order chi connectivity index (χ0) is 39.6. The molecule has 3 heterocycles. The Hall–Kier alpha value is -6.90. The Kier molecular flexibility index (Phi) is 10.1. The number of hydrogen-bond donors (Lipinski definition) is 2. The Morgan fingerprint density at radius 1 is 0.431 bits per heavy atom. The molecule has 0 saturated heterocycles. The number of nitrogens with zero attached hydrogens (tertiary/aromatic N) is 4. The molecule has 6 aromatic rings. The average molecular weight is 779 g/mol. The minimum Gasteiger partial charge on any atom is -0.460 e. The van der Waals surface area contributed by atoms with Gasteiger partial charge in [0.15, 0.2) is 11.4 Å². The maximum absolute atomic E-state index is 13.2. The highest BCUT2D eigenvalue weighted by molar-refractivity contribution is 5.94. The molecule has 2 aliphatic carbocycles. The normalized spacial score (nSPS) is 17.5. The van der Waals surface area contributed by atoms with Crippen LogP contribution in [-0.2, 0) is 18.9 Å². The Morgan fingerprint density at radius 3 is 1.05 bits per heavy atom. The quantitative estimate of drug-likeness (QED) is 0.165. The number of esters is 4. The molecule has 4 bridgehead atoms. The predicted molar refractivity (Wildman–Crippen MR) is 209 cm³/mol. The molecule has 3 aliphatic rings. The molecule has 0 saturated carbocycles. The third-order valence-electron chi connectivity index (χ3n) is 10.8. The topological polar surface area (TPSA) is 169 Å². The summed E-state index contributed by atoms with van der Waals surface area (Å²) in [5.41, 5.74) is 8.52. The van der Waals surface area contributed by atoms with Crippen molar-refractivity contribution in [2.24, 2.45) is 0 Å². The first-order valence-corrected chi connectivity index (χ1v) is 19.1. The Labute approximate surface area is 332 Å². The fourth-order valence-electron chi connectivity index (χ4n) is 8.17. The Balaban J connectivity index is 0.962. The van der Waals surface area contributed by atoms with Crippen LogP contribution < -0.4 is 0 Å². The number of nitrogens with one attached hydrogen (secondary N) is 2. The number of fused-ring (bicyclic) bond motifs is 10. The van der Waals surface area contributed by atoms with E-state index >= 15 is 0 Å². The van der Waals surface area contributed by atoms with Crippen LogP contribution >= 0.6 is 0 Å². The van der Waals surface area contributed by atoms with Gasteiger partial charge in [0.1, 0.15) is 37.8 Å². The minimum atomic E-state index is -0.711. The van der Waals surface area contributed by atoms with Gasteiger partial charge in [0.2, 0.25) is 0 Å². The Bertz CT molecular complexity index is 2190. The van der Waals surface area contributed by atoms with Crippen LogP contribution in [0.1, 0.15) is 76.3 Å². The van der Waals surface area contributed by atoms with Crippen LogP contribution in [0.25, 0.3) is 22.3 Å². The van der Waals surface area contributed by atoms with Crippen molar-refractivity contribution in [2.45, 2.75) is 12.1 Å². The molecule has 0 amide bonds. The molecular formula is C44H38N6O8. The summed E-state index contributed by atoms with van der Waals surface area (Å²) in [6.45, 7) is 1.06. The van der Waals surface area contributed by atoms with Crippen LogP contribution in [0.5, 0.6) is 0 Å². The first kappa shape index (κ1) is 36.7. The van der Waals surface area contributed by atoms with E-state index < -0.39 is 23.9 Å². The standard InChI is InChI=1S/C44H38N6O8/c51-41-35-25-37(47-45-35)43(53)57-23-19-50(40-33-15-7-3-11-29(33)30-12-4-8-16-34(30)40)20-24-58-44(54)38-26-36(46-48-38)42(52)56-22-18-49(17-21-55-41)39-31-13-5-1-9-27(31)28-10-2-6-14-32(28)39/h1-16,25-26,39-40H,17-24H2,(H,45,47)(H,46,48). The van der Waals surface area contributed by atoms with Gasteiger partial charge in [-0.15, -0.1) is 0 Å². The maximum Gasteiger partial charge on any atom is 0.358 e. The summed E-state index contributed by atoms with van der Waals surface area (Å²) in [6, 6.07) is 34.6. The molecule has 0 radical (unpaired) electrons. The minimum absolute atomic E-state index is 0.0000157. The largest absolute Gasteiger partial charge is 0.460 e. The fourth-order valence-corrected chi connectivity index (χ4v) is 8.17. The van der Waals surface area contributed by atoms with Crippen molar-refractivity contribution in [3.8, 4) is 22.3 Å². The molecular weight excluding hydrogens is 741 g/mol. The van der Waals surface area contributed by atoms with Crippen molar-refractivity contribution < 1.29 is 38.1 Å². The first-order valence-electron chi connectivity index (χ1n) is 19.1. The van der Waals surface area contributed by atoms with Gasteiger partial charge in [-0.25, -0.2) is 19.2 Å². The molecule has 58 heavy (non-hydrogen) atoms. The average Bonchev–Trinajstić information content (AvgIpc) is 4.06. The highest BCUT2D eigenvalue weighted by atomic mass is 16.5. The number of aromatic nitrogens is 4. The number of carbonyl (C=O) groups is 4. The third-order valence-corrected chi connectivity index (χ3v) is 10.8. The third kappa shape index (κ3) is 7.03. The Morgan fingerprint density at radius 2 is 0.724 bits per heavy atom. The van der Waals surface area contributed by atoms with E-state index in [4.69, 9.17) is 18.9 Å². The maximum atomic E-state index is 13.2. The van der Waals surface area contributed by atoms with Crippen LogP contribution in [0.3, 0.4) is 0 Å². The van der Waals surface area contributed by atoms with E-state index in [2.05, 4.69) is 78.7 Å². The van der Waals surface area contributed by atoms with E-state index in [9.17, 15) is 19.2 Å². The highest BCUT2D eigenvalue weighted by Gasteiger charge is 2.35. The van der Waals surface area contributed by atoms with Crippen LogP contribution in [0.4, 0.5) is 0 Å². The molecule has 0 atom stereocenters. The lowest BCUT2D eigenvalue weighted by Gasteiger charge is -2.30. The van der Waals surface area contributed by atoms with Gasteiger partial charge < -0.3 is 18.9 Å². The van der Waals surface area contributed by atoms with Crippen molar-refractivity contribution in [3.05, 3.63) is 154 Å². The summed E-state index contributed by atoms with van der Waals surface area (Å²) in [5.74, 6) is -2.79. The van der Waals surface area contributed by atoms with Crippen molar-refractivity contribution >= 4 is 23.9 Å². The molecule has 0 spiro atoms. The van der Waals surface area contributed by atoms with E-state index in [1.165, 1.54) is 12.1 Å². The van der Waals surface area contributed by atoms with E-state index in [0.717, 1.165) is 44.5 Å². The predicted octanol–water partition coefficient (Wildman–Crippen LogP) is 5.62. The molecule has 14 nitrogen and oxygen atoms in total. The summed E-state index contributed by atoms with van der Waals surface area (Å²) >= 11 is 0. The molecule has 2 N–H and O–H groups in total. The molecule has 0 unspecified atom stereocenters. The van der Waals surface area contributed by atoms with E-state index in [-0.39, 0.29) is 87.5 Å². The summed E-state index contributed by atoms with van der Waals surface area (Å²) in [5, 5.41) is 13.3. The monoisotopic (exact) mass is 778 g/mol. The number of carbonyl (C=O) groups excluding carboxylic acids is 4. The second-order valence-electron chi connectivity index (χ2n) is 14.1. The van der Waals surface area contributed by atoms with Crippen molar-refractivity contribution in [3.63, 3.8) is 0 Å². The molecule has 2 aromatic heterocycles. The van der Waals surface area contributed by atoms with E-state index in [1.807, 2.05) is 48.5 Å². The highest BCUT2D eigenvalue weighted by Crippen LogP contribution is 2.47. The first-order chi connectivity index (χ1) is 28.4. The summed E-state index contributed by atoms with van der Waals surface area (Å²) in [7, 11) is 0. The number of aromatic amines is 2.